The SMILES string of the molecule is CCNC(=NCCCCn1ccnc1C)NCCc1ccco1. The van der Waals surface area contributed by atoms with E-state index in [1.165, 1.54) is 0 Å². The van der Waals surface area contributed by atoms with Crippen LogP contribution in [0.1, 0.15) is 31.4 Å². The quantitative estimate of drug-likeness (QED) is 0.423. The van der Waals surface area contributed by atoms with E-state index >= 15 is 0 Å². The Labute approximate surface area is 138 Å². The molecular weight excluding hydrogens is 290 g/mol. The van der Waals surface area contributed by atoms with Crippen LogP contribution in [0.25, 0.3) is 0 Å². The van der Waals surface area contributed by atoms with Crippen molar-refractivity contribution in [2.45, 2.75) is 39.7 Å². The third kappa shape index (κ3) is 6.18. The van der Waals surface area contributed by atoms with E-state index in [9.17, 15) is 0 Å². The van der Waals surface area contributed by atoms with Gasteiger partial charge in [-0.05, 0) is 38.8 Å². The number of nitrogens with one attached hydrogen (secondary N) is 2. The van der Waals surface area contributed by atoms with E-state index in [1.807, 2.05) is 31.5 Å². The topological polar surface area (TPSA) is 67.4 Å². The first-order chi connectivity index (χ1) is 11.3. The van der Waals surface area contributed by atoms with E-state index < -0.39 is 0 Å². The Kier molecular flexibility index (Phi) is 7.23. The van der Waals surface area contributed by atoms with E-state index in [-0.39, 0.29) is 0 Å². The fourth-order valence-electron chi connectivity index (χ4n) is 2.33. The third-order valence-electron chi connectivity index (χ3n) is 3.59. The minimum absolute atomic E-state index is 0.813. The van der Waals surface area contributed by atoms with Gasteiger partial charge in [-0.2, -0.15) is 0 Å². The molecule has 0 radical (unpaired) electrons. The summed E-state index contributed by atoms with van der Waals surface area (Å²) in [5.41, 5.74) is 0. The lowest BCUT2D eigenvalue weighted by Gasteiger charge is -2.10. The molecule has 23 heavy (non-hydrogen) atoms. The van der Waals surface area contributed by atoms with Crippen LogP contribution in [0.15, 0.2) is 40.2 Å². The van der Waals surface area contributed by atoms with E-state index in [2.05, 4.69) is 32.1 Å². The van der Waals surface area contributed by atoms with Crippen LogP contribution in [0.4, 0.5) is 0 Å². The lowest BCUT2D eigenvalue weighted by atomic mass is 10.3. The molecule has 126 valence electrons. The minimum Gasteiger partial charge on any atom is -0.469 e. The van der Waals surface area contributed by atoms with Gasteiger partial charge in [-0.1, -0.05) is 0 Å². The smallest absolute Gasteiger partial charge is 0.191 e. The Hall–Kier alpha value is -2.24. The van der Waals surface area contributed by atoms with Gasteiger partial charge in [0.25, 0.3) is 0 Å². The fraction of sp³-hybridized carbons (Fsp3) is 0.529. The molecule has 0 aliphatic rings. The summed E-state index contributed by atoms with van der Waals surface area (Å²) in [5.74, 6) is 2.93. The molecule has 2 heterocycles. The maximum absolute atomic E-state index is 5.33. The second kappa shape index (κ2) is 9.71. The normalized spacial score (nSPS) is 11.7. The van der Waals surface area contributed by atoms with Gasteiger partial charge >= 0.3 is 0 Å². The molecule has 0 fully saturated rings. The molecular formula is C17H27N5O. The largest absolute Gasteiger partial charge is 0.469 e. The highest BCUT2D eigenvalue weighted by Crippen LogP contribution is 2.01. The monoisotopic (exact) mass is 317 g/mol. The van der Waals surface area contributed by atoms with Crippen molar-refractivity contribution in [3.8, 4) is 0 Å². The number of rotatable bonds is 9. The minimum atomic E-state index is 0.813. The maximum atomic E-state index is 5.33. The van der Waals surface area contributed by atoms with Crippen LogP contribution in [0.3, 0.4) is 0 Å². The Bertz CT molecular complexity index is 574. The predicted molar refractivity (Wildman–Crippen MR) is 92.6 cm³/mol. The van der Waals surface area contributed by atoms with Gasteiger partial charge in [0.2, 0.25) is 0 Å². The zero-order valence-electron chi connectivity index (χ0n) is 14.1. The van der Waals surface area contributed by atoms with Gasteiger partial charge in [-0.3, -0.25) is 4.99 Å². The van der Waals surface area contributed by atoms with Gasteiger partial charge in [0.15, 0.2) is 5.96 Å². The van der Waals surface area contributed by atoms with Crippen LogP contribution in [0, 0.1) is 6.92 Å². The van der Waals surface area contributed by atoms with Crippen molar-refractivity contribution in [3.63, 3.8) is 0 Å². The highest BCUT2D eigenvalue weighted by atomic mass is 16.3. The summed E-state index contributed by atoms with van der Waals surface area (Å²) in [6.07, 6.45) is 8.60. The molecule has 0 saturated carbocycles. The zero-order chi connectivity index (χ0) is 16.3. The standard InChI is InChI=1S/C17H27N5O/c1-3-18-17(21-10-8-16-7-6-14-23-16)20-9-4-5-12-22-13-11-19-15(22)2/h6-7,11,13-14H,3-5,8-10,12H2,1-2H3,(H2,18,20,21). The molecule has 0 atom stereocenters. The lowest BCUT2D eigenvalue weighted by molar-refractivity contribution is 0.506. The van der Waals surface area contributed by atoms with Crippen LogP contribution >= 0.6 is 0 Å². The van der Waals surface area contributed by atoms with Gasteiger partial charge in [0.05, 0.1) is 6.26 Å². The van der Waals surface area contributed by atoms with E-state index in [0.717, 1.165) is 63.0 Å². The molecule has 0 aromatic carbocycles. The summed E-state index contributed by atoms with van der Waals surface area (Å²) < 4.78 is 7.50. The number of unbranched alkanes of at least 4 members (excludes halogenated alkanes) is 1. The number of nitrogens with zero attached hydrogens (tertiary/aromatic N) is 3. The van der Waals surface area contributed by atoms with Crippen molar-refractivity contribution in [1.82, 2.24) is 20.2 Å². The van der Waals surface area contributed by atoms with Crippen LogP contribution < -0.4 is 10.6 Å². The number of furan rings is 1. The average molecular weight is 317 g/mol. The molecule has 2 aromatic heterocycles. The van der Waals surface area contributed by atoms with Crippen molar-refractivity contribution in [1.29, 1.82) is 0 Å². The van der Waals surface area contributed by atoms with Gasteiger partial charge in [-0.15, -0.1) is 0 Å². The highest BCUT2D eigenvalue weighted by Gasteiger charge is 2.00. The zero-order valence-corrected chi connectivity index (χ0v) is 14.1. The molecule has 0 saturated heterocycles. The molecule has 6 nitrogen and oxygen atoms in total. The second-order valence-corrected chi connectivity index (χ2v) is 5.39. The molecule has 2 aromatic rings. The van der Waals surface area contributed by atoms with E-state index in [1.54, 1.807) is 6.26 Å². The van der Waals surface area contributed by atoms with E-state index in [4.69, 9.17) is 4.42 Å². The Morgan fingerprint density at radius 1 is 1.35 bits per heavy atom. The first kappa shape index (κ1) is 17.1. The number of guanidine groups is 1. The fourth-order valence-corrected chi connectivity index (χ4v) is 2.33. The van der Waals surface area contributed by atoms with Gasteiger partial charge in [0, 0.05) is 45.0 Å². The van der Waals surface area contributed by atoms with Gasteiger partial charge < -0.3 is 19.6 Å². The highest BCUT2D eigenvalue weighted by molar-refractivity contribution is 5.79. The molecule has 0 unspecified atom stereocenters. The van der Waals surface area contributed by atoms with Crippen LogP contribution in [-0.2, 0) is 13.0 Å². The molecule has 6 heteroatoms. The average Bonchev–Trinajstić information content (AvgIpc) is 3.19. The van der Waals surface area contributed by atoms with Crippen molar-refractivity contribution in [3.05, 3.63) is 42.4 Å². The number of hydrogen-bond donors (Lipinski definition) is 2. The summed E-state index contributed by atoms with van der Waals surface area (Å²) in [5, 5.41) is 6.61. The van der Waals surface area contributed by atoms with Gasteiger partial charge in [0.1, 0.15) is 11.6 Å². The van der Waals surface area contributed by atoms with Crippen LogP contribution in [-0.4, -0.2) is 35.1 Å². The predicted octanol–water partition coefficient (Wildman–Crippen LogP) is 2.36. The Morgan fingerprint density at radius 2 is 2.26 bits per heavy atom. The number of hydrogen-bond acceptors (Lipinski definition) is 3. The molecule has 0 aliphatic carbocycles. The Balaban J connectivity index is 1.65. The van der Waals surface area contributed by atoms with E-state index in [0.29, 0.717) is 0 Å². The summed E-state index contributed by atoms with van der Waals surface area (Å²) in [7, 11) is 0. The number of aryl methyl sites for hydroxylation is 2. The summed E-state index contributed by atoms with van der Waals surface area (Å²) in [4.78, 5) is 8.84. The van der Waals surface area contributed by atoms with Crippen molar-refractivity contribution < 1.29 is 4.42 Å². The van der Waals surface area contributed by atoms with Crippen LogP contribution in [0.5, 0.6) is 0 Å². The number of imidazole rings is 1. The Morgan fingerprint density at radius 3 is 2.96 bits per heavy atom. The molecule has 0 aliphatic heterocycles. The van der Waals surface area contributed by atoms with Crippen molar-refractivity contribution in [2.24, 2.45) is 4.99 Å². The molecule has 0 bridgehead atoms. The van der Waals surface area contributed by atoms with Crippen molar-refractivity contribution in [2.75, 3.05) is 19.6 Å². The van der Waals surface area contributed by atoms with Gasteiger partial charge in [-0.25, -0.2) is 4.98 Å². The first-order valence-electron chi connectivity index (χ1n) is 8.32. The number of aliphatic imine (C=N–C) groups is 1. The first-order valence-corrected chi connectivity index (χ1v) is 8.32. The molecule has 0 spiro atoms. The van der Waals surface area contributed by atoms with Crippen molar-refractivity contribution >= 4 is 5.96 Å². The maximum Gasteiger partial charge on any atom is 0.191 e. The summed E-state index contributed by atoms with van der Waals surface area (Å²) in [6.45, 7) is 7.61. The number of aromatic nitrogens is 2. The summed E-state index contributed by atoms with van der Waals surface area (Å²) >= 11 is 0. The lowest BCUT2D eigenvalue weighted by Crippen LogP contribution is -2.38. The second-order valence-electron chi connectivity index (χ2n) is 5.39. The molecule has 0 amide bonds. The summed E-state index contributed by atoms with van der Waals surface area (Å²) in [6, 6.07) is 3.90. The molecule has 2 rings (SSSR count). The third-order valence-corrected chi connectivity index (χ3v) is 3.59. The molecule has 2 N–H and O–H groups in total. The van der Waals surface area contributed by atoms with Crippen LogP contribution in [0.2, 0.25) is 0 Å².